The van der Waals surface area contributed by atoms with Crippen LogP contribution in [-0.4, -0.2) is 25.3 Å². The van der Waals surface area contributed by atoms with E-state index in [1.807, 2.05) is 0 Å². The standard InChI is InChI=1S/C9H17NO/c1-2-7-5-9(7)10-8-3-4-11-6-8/h7-10H,2-6H2,1H3. The van der Waals surface area contributed by atoms with Gasteiger partial charge in [0.25, 0.3) is 0 Å². The van der Waals surface area contributed by atoms with Gasteiger partial charge in [0.05, 0.1) is 6.61 Å². The Morgan fingerprint density at radius 1 is 1.55 bits per heavy atom. The van der Waals surface area contributed by atoms with Gasteiger partial charge in [-0.05, 0) is 18.8 Å². The maximum absolute atomic E-state index is 5.29. The molecule has 3 unspecified atom stereocenters. The zero-order valence-corrected chi connectivity index (χ0v) is 7.18. The maximum Gasteiger partial charge on any atom is 0.0620 e. The number of hydrogen-bond donors (Lipinski definition) is 1. The summed E-state index contributed by atoms with van der Waals surface area (Å²) in [5.74, 6) is 0.968. The summed E-state index contributed by atoms with van der Waals surface area (Å²) in [4.78, 5) is 0. The van der Waals surface area contributed by atoms with E-state index < -0.39 is 0 Å². The van der Waals surface area contributed by atoms with Gasteiger partial charge in [0.15, 0.2) is 0 Å². The molecule has 0 amide bonds. The molecule has 1 aliphatic heterocycles. The van der Waals surface area contributed by atoms with Crippen LogP contribution in [0.15, 0.2) is 0 Å². The minimum atomic E-state index is 0.663. The van der Waals surface area contributed by atoms with E-state index >= 15 is 0 Å². The molecule has 1 N–H and O–H groups in total. The van der Waals surface area contributed by atoms with E-state index in [-0.39, 0.29) is 0 Å². The molecule has 3 atom stereocenters. The topological polar surface area (TPSA) is 21.3 Å². The van der Waals surface area contributed by atoms with Crippen molar-refractivity contribution in [1.29, 1.82) is 0 Å². The largest absolute Gasteiger partial charge is 0.380 e. The fourth-order valence-electron chi connectivity index (χ4n) is 1.87. The molecule has 1 aliphatic carbocycles. The first-order valence-electron chi connectivity index (χ1n) is 4.74. The van der Waals surface area contributed by atoms with Crippen molar-refractivity contribution in [3.8, 4) is 0 Å². The van der Waals surface area contributed by atoms with Crippen LogP contribution in [0.1, 0.15) is 26.2 Å². The highest BCUT2D eigenvalue weighted by atomic mass is 16.5. The van der Waals surface area contributed by atoms with E-state index in [9.17, 15) is 0 Å². The highest BCUT2D eigenvalue weighted by Crippen LogP contribution is 2.33. The van der Waals surface area contributed by atoms with Crippen LogP contribution < -0.4 is 5.32 Å². The molecule has 2 fully saturated rings. The molecule has 1 saturated carbocycles. The second kappa shape index (κ2) is 3.11. The van der Waals surface area contributed by atoms with Crippen molar-refractivity contribution in [2.24, 2.45) is 5.92 Å². The second-order valence-corrected chi connectivity index (χ2v) is 3.74. The third kappa shape index (κ3) is 1.74. The van der Waals surface area contributed by atoms with E-state index in [1.54, 1.807) is 0 Å². The second-order valence-electron chi connectivity index (χ2n) is 3.74. The van der Waals surface area contributed by atoms with Gasteiger partial charge in [-0.15, -0.1) is 0 Å². The minimum absolute atomic E-state index is 0.663. The van der Waals surface area contributed by atoms with E-state index in [1.165, 1.54) is 19.3 Å². The maximum atomic E-state index is 5.29. The predicted molar refractivity (Wildman–Crippen MR) is 44.5 cm³/mol. The van der Waals surface area contributed by atoms with E-state index in [0.717, 1.165) is 25.2 Å². The summed E-state index contributed by atoms with van der Waals surface area (Å²) in [6.45, 7) is 4.17. The normalized spacial score (nSPS) is 42.8. The summed E-state index contributed by atoms with van der Waals surface area (Å²) in [6.07, 6.45) is 3.95. The molecule has 1 saturated heterocycles. The van der Waals surface area contributed by atoms with Gasteiger partial charge in [-0.25, -0.2) is 0 Å². The molecule has 0 aromatic rings. The van der Waals surface area contributed by atoms with Crippen LogP contribution in [0.25, 0.3) is 0 Å². The Labute approximate surface area is 68.3 Å². The lowest BCUT2D eigenvalue weighted by Crippen LogP contribution is -2.31. The lowest BCUT2D eigenvalue weighted by molar-refractivity contribution is 0.189. The first kappa shape index (κ1) is 7.56. The Hall–Kier alpha value is -0.0800. The fourth-order valence-corrected chi connectivity index (χ4v) is 1.87. The van der Waals surface area contributed by atoms with Gasteiger partial charge in [0.1, 0.15) is 0 Å². The molecule has 0 bridgehead atoms. The first-order valence-corrected chi connectivity index (χ1v) is 4.74. The number of ether oxygens (including phenoxy) is 1. The SMILES string of the molecule is CCC1CC1NC1CCOC1. The third-order valence-corrected chi connectivity index (χ3v) is 2.83. The lowest BCUT2D eigenvalue weighted by Gasteiger charge is -2.08. The van der Waals surface area contributed by atoms with Gasteiger partial charge in [0.2, 0.25) is 0 Å². The summed E-state index contributed by atoms with van der Waals surface area (Å²) < 4.78 is 5.29. The van der Waals surface area contributed by atoms with Crippen molar-refractivity contribution >= 4 is 0 Å². The molecule has 0 spiro atoms. The molecule has 2 nitrogen and oxygen atoms in total. The molecule has 2 rings (SSSR count). The molecule has 0 radical (unpaired) electrons. The summed E-state index contributed by atoms with van der Waals surface area (Å²) in [5.41, 5.74) is 0. The van der Waals surface area contributed by atoms with E-state index in [0.29, 0.717) is 6.04 Å². The van der Waals surface area contributed by atoms with E-state index in [4.69, 9.17) is 4.74 Å². The van der Waals surface area contributed by atoms with Gasteiger partial charge in [-0.1, -0.05) is 13.3 Å². The van der Waals surface area contributed by atoms with Crippen molar-refractivity contribution in [2.45, 2.75) is 38.3 Å². The smallest absolute Gasteiger partial charge is 0.0620 e. The van der Waals surface area contributed by atoms with Crippen molar-refractivity contribution in [1.82, 2.24) is 5.32 Å². The van der Waals surface area contributed by atoms with Gasteiger partial charge in [-0.2, -0.15) is 0 Å². The van der Waals surface area contributed by atoms with Crippen LogP contribution >= 0.6 is 0 Å². The Kier molecular flexibility index (Phi) is 2.14. The quantitative estimate of drug-likeness (QED) is 0.660. The van der Waals surface area contributed by atoms with Crippen LogP contribution in [0.4, 0.5) is 0 Å². The Balaban J connectivity index is 1.66. The Morgan fingerprint density at radius 2 is 2.45 bits per heavy atom. The Morgan fingerprint density at radius 3 is 3.00 bits per heavy atom. The van der Waals surface area contributed by atoms with Crippen LogP contribution in [0.2, 0.25) is 0 Å². The molecular weight excluding hydrogens is 138 g/mol. The average Bonchev–Trinajstić information content (AvgIpc) is 2.54. The van der Waals surface area contributed by atoms with Crippen LogP contribution in [0.5, 0.6) is 0 Å². The number of nitrogens with one attached hydrogen (secondary N) is 1. The van der Waals surface area contributed by atoms with Crippen LogP contribution in [0.3, 0.4) is 0 Å². The zero-order chi connectivity index (χ0) is 7.68. The highest BCUT2D eigenvalue weighted by molar-refractivity contribution is 4.94. The average molecular weight is 155 g/mol. The summed E-state index contributed by atoms with van der Waals surface area (Å²) in [6, 6.07) is 1.49. The van der Waals surface area contributed by atoms with E-state index in [2.05, 4.69) is 12.2 Å². The van der Waals surface area contributed by atoms with Gasteiger partial charge < -0.3 is 10.1 Å². The predicted octanol–water partition coefficient (Wildman–Crippen LogP) is 1.16. The summed E-state index contributed by atoms with van der Waals surface area (Å²) >= 11 is 0. The lowest BCUT2D eigenvalue weighted by atomic mass is 10.2. The monoisotopic (exact) mass is 155 g/mol. The molecule has 0 aromatic carbocycles. The van der Waals surface area contributed by atoms with Crippen molar-refractivity contribution in [3.63, 3.8) is 0 Å². The first-order chi connectivity index (χ1) is 5.40. The van der Waals surface area contributed by atoms with Gasteiger partial charge >= 0.3 is 0 Å². The van der Waals surface area contributed by atoms with Gasteiger partial charge in [-0.3, -0.25) is 0 Å². The molecular formula is C9H17NO. The third-order valence-electron chi connectivity index (χ3n) is 2.83. The molecule has 11 heavy (non-hydrogen) atoms. The van der Waals surface area contributed by atoms with Crippen molar-refractivity contribution in [3.05, 3.63) is 0 Å². The number of rotatable bonds is 3. The molecule has 1 heterocycles. The summed E-state index contributed by atoms with van der Waals surface area (Å²) in [5, 5.41) is 3.63. The molecule has 0 aromatic heterocycles. The van der Waals surface area contributed by atoms with Crippen LogP contribution in [0, 0.1) is 5.92 Å². The fraction of sp³-hybridized carbons (Fsp3) is 1.00. The minimum Gasteiger partial charge on any atom is -0.380 e. The Bertz CT molecular complexity index is 132. The number of hydrogen-bond acceptors (Lipinski definition) is 2. The van der Waals surface area contributed by atoms with Crippen LogP contribution in [-0.2, 0) is 4.74 Å². The molecule has 2 aliphatic rings. The van der Waals surface area contributed by atoms with Crippen molar-refractivity contribution in [2.75, 3.05) is 13.2 Å². The highest BCUT2D eigenvalue weighted by Gasteiger charge is 2.36. The summed E-state index contributed by atoms with van der Waals surface area (Å²) in [7, 11) is 0. The molecule has 64 valence electrons. The van der Waals surface area contributed by atoms with Crippen molar-refractivity contribution < 1.29 is 4.74 Å². The van der Waals surface area contributed by atoms with Gasteiger partial charge in [0, 0.05) is 18.7 Å². The molecule has 2 heteroatoms. The zero-order valence-electron chi connectivity index (χ0n) is 7.18.